The quantitative estimate of drug-likeness (QED) is 0.881. The first-order valence-electron chi connectivity index (χ1n) is 5.80. The number of hydrogen-bond acceptors (Lipinski definition) is 6. The lowest BCUT2D eigenvalue weighted by Crippen LogP contribution is -2.06. The molecule has 0 saturated heterocycles. The first-order chi connectivity index (χ1) is 9.21. The van der Waals surface area contributed by atoms with E-state index in [0.717, 1.165) is 10.2 Å². The normalized spacial score (nSPS) is 10.1. The third-order valence-corrected chi connectivity index (χ3v) is 2.74. The third kappa shape index (κ3) is 3.78. The molecule has 0 saturated carbocycles. The lowest BCUT2D eigenvalue weighted by atomic mass is 10.3. The van der Waals surface area contributed by atoms with E-state index < -0.39 is 0 Å². The first-order valence-corrected chi connectivity index (χ1v) is 6.59. The Hall–Kier alpha value is -1.89. The van der Waals surface area contributed by atoms with Gasteiger partial charge in [-0.15, -0.1) is 0 Å². The number of aromatic nitrogens is 3. The molecule has 0 unspecified atom stereocenters. The molecule has 2 N–H and O–H groups in total. The highest BCUT2D eigenvalue weighted by Crippen LogP contribution is 2.18. The number of ether oxygens (including phenoxy) is 1. The summed E-state index contributed by atoms with van der Waals surface area (Å²) in [6.45, 7) is 2.38. The van der Waals surface area contributed by atoms with Crippen LogP contribution >= 0.6 is 15.9 Å². The molecule has 0 radical (unpaired) electrons. The Labute approximate surface area is 119 Å². The van der Waals surface area contributed by atoms with Gasteiger partial charge in [0, 0.05) is 17.2 Å². The van der Waals surface area contributed by atoms with E-state index in [-0.39, 0.29) is 0 Å². The van der Waals surface area contributed by atoms with Crippen LogP contribution in [0.15, 0.2) is 28.7 Å². The molecule has 2 aromatic rings. The van der Waals surface area contributed by atoms with Gasteiger partial charge in [-0.1, -0.05) is 15.9 Å². The maximum absolute atomic E-state index is 5.30. The predicted molar refractivity (Wildman–Crippen MR) is 78.0 cm³/mol. The van der Waals surface area contributed by atoms with Gasteiger partial charge >= 0.3 is 6.01 Å². The van der Waals surface area contributed by atoms with E-state index in [9.17, 15) is 0 Å². The largest absolute Gasteiger partial charge is 0.464 e. The Balaban J connectivity index is 2.23. The van der Waals surface area contributed by atoms with E-state index in [0.29, 0.717) is 24.5 Å². The zero-order chi connectivity index (χ0) is 13.7. The molecular formula is C12H14BrN5O. The molecule has 0 amide bonds. The minimum atomic E-state index is 0.293. The molecular weight excluding hydrogens is 310 g/mol. The van der Waals surface area contributed by atoms with Crippen molar-refractivity contribution in [3.8, 4) is 6.01 Å². The minimum Gasteiger partial charge on any atom is -0.464 e. The molecule has 0 aliphatic carbocycles. The zero-order valence-corrected chi connectivity index (χ0v) is 12.2. The van der Waals surface area contributed by atoms with Crippen LogP contribution in [-0.2, 0) is 0 Å². The van der Waals surface area contributed by atoms with Gasteiger partial charge < -0.3 is 15.4 Å². The fourth-order valence-electron chi connectivity index (χ4n) is 1.38. The molecule has 0 spiro atoms. The van der Waals surface area contributed by atoms with Crippen molar-refractivity contribution in [3.05, 3.63) is 28.7 Å². The molecule has 0 atom stereocenters. The topological polar surface area (TPSA) is 72.0 Å². The number of hydrogen-bond donors (Lipinski definition) is 2. The Morgan fingerprint density at radius 1 is 1.11 bits per heavy atom. The summed E-state index contributed by atoms with van der Waals surface area (Å²) in [7, 11) is 1.74. The van der Waals surface area contributed by atoms with E-state index in [1.54, 1.807) is 7.05 Å². The van der Waals surface area contributed by atoms with Crippen molar-refractivity contribution in [3.63, 3.8) is 0 Å². The van der Waals surface area contributed by atoms with Crippen LogP contribution in [0.2, 0.25) is 0 Å². The van der Waals surface area contributed by atoms with Crippen LogP contribution in [0.1, 0.15) is 6.92 Å². The lowest BCUT2D eigenvalue weighted by Gasteiger charge is -2.08. The van der Waals surface area contributed by atoms with Crippen LogP contribution in [0.5, 0.6) is 6.01 Å². The lowest BCUT2D eigenvalue weighted by molar-refractivity contribution is 0.312. The van der Waals surface area contributed by atoms with Gasteiger partial charge in [-0.25, -0.2) is 0 Å². The van der Waals surface area contributed by atoms with Crippen LogP contribution in [-0.4, -0.2) is 28.6 Å². The summed E-state index contributed by atoms with van der Waals surface area (Å²) in [4.78, 5) is 12.5. The van der Waals surface area contributed by atoms with Gasteiger partial charge in [-0.2, -0.15) is 15.0 Å². The second kappa shape index (κ2) is 6.33. The molecule has 7 heteroatoms. The average molecular weight is 324 g/mol. The number of benzene rings is 1. The summed E-state index contributed by atoms with van der Waals surface area (Å²) in [6, 6.07) is 8.01. The molecule has 6 nitrogen and oxygen atoms in total. The second-order valence-electron chi connectivity index (χ2n) is 3.58. The van der Waals surface area contributed by atoms with Gasteiger partial charge in [0.1, 0.15) is 0 Å². The highest BCUT2D eigenvalue weighted by Gasteiger charge is 2.06. The summed E-state index contributed by atoms with van der Waals surface area (Å²) >= 11 is 3.39. The van der Waals surface area contributed by atoms with Gasteiger partial charge in [-0.3, -0.25) is 0 Å². The van der Waals surface area contributed by atoms with E-state index >= 15 is 0 Å². The molecule has 0 aliphatic heterocycles. The fourth-order valence-corrected chi connectivity index (χ4v) is 1.64. The standard InChI is InChI=1S/C12H14BrN5O/c1-3-19-12-17-10(14-2)16-11(18-12)15-9-6-4-8(13)5-7-9/h4-7H,3H2,1-2H3,(H2,14,15,16,17,18). The monoisotopic (exact) mass is 323 g/mol. The molecule has 0 bridgehead atoms. The maximum Gasteiger partial charge on any atom is 0.323 e. The highest BCUT2D eigenvalue weighted by molar-refractivity contribution is 9.10. The van der Waals surface area contributed by atoms with Crippen molar-refractivity contribution in [2.75, 3.05) is 24.3 Å². The van der Waals surface area contributed by atoms with Crippen LogP contribution in [0.4, 0.5) is 17.6 Å². The number of rotatable bonds is 5. The average Bonchev–Trinajstić information content (AvgIpc) is 2.41. The number of anilines is 3. The molecule has 100 valence electrons. The van der Waals surface area contributed by atoms with Crippen molar-refractivity contribution in [1.29, 1.82) is 0 Å². The van der Waals surface area contributed by atoms with Gasteiger partial charge in [0.05, 0.1) is 6.61 Å². The second-order valence-corrected chi connectivity index (χ2v) is 4.50. The van der Waals surface area contributed by atoms with Crippen molar-refractivity contribution in [2.24, 2.45) is 0 Å². The number of nitrogens with zero attached hydrogens (tertiary/aromatic N) is 3. The Kier molecular flexibility index (Phi) is 4.51. The fraction of sp³-hybridized carbons (Fsp3) is 0.250. The van der Waals surface area contributed by atoms with E-state index in [1.807, 2.05) is 31.2 Å². The molecule has 1 aromatic carbocycles. The van der Waals surface area contributed by atoms with Crippen LogP contribution < -0.4 is 15.4 Å². The number of halogens is 1. The Morgan fingerprint density at radius 3 is 2.42 bits per heavy atom. The predicted octanol–water partition coefficient (Wildman–Crippen LogP) is 2.82. The Bertz CT molecular complexity index is 546. The summed E-state index contributed by atoms with van der Waals surface area (Å²) in [5.74, 6) is 0.892. The van der Waals surface area contributed by atoms with E-state index in [1.165, 1.54) is 0 Å². The van der Waals surface area contributed by atoms with Crippen molar-refractivity contribution in [2.45, 2.75) is 6.92 Å². The molecule has 0 fully saturated rings. The van der Waals surface area contributed by atoms with Crippen LogP contribution in [0.3, 0.4) is 0 Å². The molecule has 19 heavy (non-hydrogen) atoms. The smallest absolute Gasteiger partial charge is 0.323 e. The van der Waals surface area contributed by atoms with Crippen LogP contribution in [0.25, 0.3) is 0 Å². The summed E-state index contributed by atoms with van der Waals surface area (Å²) < 4.78 is 6.31. The zero-order valence-electron chi connectivity index (χ0n) is 10.6. The van der Waals surface area contributed by atoms with Crippen molar-refractivity contribution >= 4 is 33.5 Å². The summed E-state index contributed by atoms with van der Waals surface area (Å²) in [5, 5.41) is 5.97. The molecule has 0 aliphatic rings. The Morgan fingerprint density at radius 2 is 1.79 bits per heavy atom. The maximum atomic E-state index is 5.30. The van der Waals surface area contributed by atoms with E-state index in [4.69, 9.17) is 4.74 Å². The van der Waals surface area contributed by atoms with Gasteiger partial charge in [-0.05, 0) is 31.2 Å². The molecule has 2 rings (SSSR count). The number of nitrogens with one attached hydrogen (secondary N) is 2. The van der Waals surface area contributed by atoms with Crippen LogP contribution in [0, 0.1) is 0 Å². The molecule has 1 heterocycles. The summed E-state index contributed by atoms with van der Waals surface area (Å²) in [5.41, 5.74) is 0.888. The van der Waals surface area contributed by atoms with Gasteiger partial charge in [0.2, 0.25) is 11.9 Å². The SMILES string of the molecule is CCOc1nc(NC)nc(Nc2ccc(Br)cc2)n1. The minimum absolute atomic E-state index is 0.293. The first kappa shape index (κ1) is 13.5. The third-order valence-electron chi connectivity index (χ3n) is 2.21. The van der Waals surface area contributed by atoms with Crippen molar-refractivity contribution in [1.82, 2.24) is 15.0 Å². The highest BCUT2D eigenvalue weighted by atomic mass is 79.9. The van der Waals surface area contributed by atoms with E-state index in [2.05, 4.69) is 41.5 Å². The van der Waals surface area contributed by atoms with Crippen molar-refractivity contribution < 1.29 is 4.74 Å². The van der Waals surface area contributed by atoms with Gasteiger partial charge in [0.15, 0.2) is 0 Å². The summed E-state index contributed by atoms with van der Waals surface area (Å²) in [6.07, 6.45) is 0. The molecule has 1 aromatic heterocycles. The van der Waals surface area contributed by atoms with Gasteiger partial charge in [0.25, 0.3) is 0 Å².